The van der Waals surface area contributed by atoms with E-state index in [4.69, 9.17) is 23.8 Å². The van der Waals surface area contributed by atoms with Crippen LogP contribution in [0.5, 0.6) is 0 Å². The van der Waals surface area contributed by atoms with Gasteiger partial charge in [-0.1, -0.05) is 30.5 Å². The Hall–Kier alpha value is -0.840. The second-order valence-corrected chi connectivity index (χ2v) is 6.35. The fraction of sp³-hybridized carbons (Fsp3) is 0.562. The van der Waals surface area contributed by atoms with Crippen LogP contribution in [0.1, 0.15) is 32.1 Å². The van der Waals surface area contributed by atoms with Crippen molar-refractivity contribution in [3.05, 3.63) is 29.3 Å². The van der Waals surface area contributed by atoms with E-state index < -0.39 is 0 Å². The Morgan fingerprint density at radius 3 is 2.67 bits per heavy atom. The number of thiocarbonyl (C=S) groups is 1. The number of hydrogen-bond acceptors (Lipinski definition) is 2. The van der Waals surface area contributed by atoms with Gasteiger partial charge in [-0.05, 0) is 69.3 Å². The Morgan fingerprint density at radius 2 is 1.95 bits per heavy atom. The minimum Gasteiger partial charge on any atom is -0.362 e. The van der Waals surface area contributed by atoms with Gasteiger partial charge in [-0.3, -0.25) is 0 Å². The molecule has 1 aromatic rings. The van der Waals surface area contributed by atoms with E-state index in [-0.39, 0.29) is 0 Å². The molecule has 1 aliphatic rings. The average molecular weight is 326 g/mol. The van der Waals surface area contributed by atoms with Crippen molar-refractivity contribution >= 4 is 34.6 Å². The van der Waals surface area contributed by atoms with Gasteiger partial charge < -0.3 is 15.5 Å². The molecule has 1 saturated heterocycles. The van der Waals surface area contributed by atoms with E-state index in [9.17, 15) is 0 Å². The van der Waals surface area contributed by atoms with Crippen molar-refractivity contribution in [1.82, 2.24) is 10.2 Å². The van der Waals surface area contributed by atoms with E-state index in [2.05, 4.69) is 15.5 Å². The summed E-state index contributed by atoms with van der Waals surface area (Å²) in [6.07, 6.45) is 6.60. The first kappa shape index (κ1) is 16.5. The van der Waals surface area contributed by atoms with Gasteiger partial charge in [0.25, 0.3) is 0 Å². The summed E-state index contributed by atoms with van der Waals surface area (Å²) in [4.78, 5) is 2.57. The maximum atomic E-state index is 5.95. The predicted molar refractivity (Wildman–Crippen MR) is 95.2 cm³/mol. The quantitative estimate of drug-likeness (QED) is 0.634. The molecular weight excluding hydrogens is 302 g/mol. The first-order chi connectivity index (χ1) is 10.2. The smallest absolute Gasteiger partial charge is 0.170 e. The summed E-state index contributed by atoms with van der Waals surface area (Å²) in [6.45, 7) is 4.58. The van der Waals surface area contributed by atoms with Crippen molar-refractivity contribution in [2.75, 3.05) is 31.5 Å². The fourth-order valence-corrected chi connectivity index (χ4v) is 3.02. The van der Waals surface area contributed by atoms with E-state index >= 15 is 0 Å². The molecule has 0 spiro atoms. The summed E-state index contributed by atoms with van der Waals surface area (Å²) in [7, 11) is 0. The molecule has 0 aromatic heterocycles. The number of nitrogens with one attached hydrogen (secondary N) is 2. The first-order valence-corrected chi connectivity index (χ1v) is 8.55. The zero-order chi connectivity index (χ0) is 14.9. The molecule has 1 aliphatic heterocycles. The summed E-state index contributed by atoms with van der Waals surface area (Å²) < 4.78 is 0. The van der Waals surface area contributed by atoms with Crippen molar-refractivity contribution in [2.45, 2.75) is 32.1 Å². The molecule has 2 N–H and O–H groups in total. The molecular formula is C16H24ClN3S. The average Bonchev–Trinajstić information content (AvgIpc) is 2.72. The Morgan fingerprint density at radius 1 is 1.19 bits per heavy atom. The molecule has 21 heavy (non-hydrogen) atoms. The van der Waals surface area contributed by atoms with Crippen molar-refractivity contribution in [2.24, 2.45) is 0 Å². The Labute approximate surface area is 138 Å². The molecule has 116 valence electrons. The Balaban J connectivity index is 1.60. The zero-order valence-corrected chi connectivity index (χ0v) is 14.0. The highest BCUT2D eigenvalue weighted by atomic mass is 35.5. The number of anilines is 1. The standard InChI is InChI=1S/C16H24ClN3S/c17-14-7-5-8-15(13-14)19-16(21)18-9-6-12-20-10-3-1-2-4-11-20/h5,7-8,13H,1-4,6,9-12H2,(H2,18,19,21). The Kier molecular flexibility index (Phi) is 7.27. The molecule has 3 nitrogen and oxygen atoms in total. The van der Waals surface area contributed by atoms with Gasteiger partial charge in [-0.15, -0.1) is 0 Å². The third-order valence-corrected chi connectivity index (χ3v) is 4.20. The molecule has 0 amide bonds. The maximum absolute atomic E-state index is 5.95. The van der Waals surface area contributed by atoms with E-state index in [1.165, 1.54) is 38.8 Å². The molecule has 1 heterocycles. The molecule has 2 rings (SSSR count). The van der Waals surface area contributed by atoms with Crippen LogP contribution in [0.15, 0.2) is 24.3 Å². The molecule has 0 atom stereocenters. The molecule has 5 heteroatoms. The van der Waals surface area contributed by atoms with Crippen LogP contribution in [-0.4, -0.2) is 36.2 Å². The van der Waals surface area contributed by atoms with Gasteiger partial charge in [0.05, 0.1) is 0 Å². The van der Waals surface area contributed by atoms with Crippen molar-refractivity contribution in [1.29, 1.82) is 0 Å². The summed E-state index contributed by atoms with van der Waals surface area (Å²) in [5, 5.41) is 7.78. The monoisotopic (exact) mass is 325 g/mol. The van der Waals surface area contributed by atoms with Crippen LogP contribution in [0.4, 0.5) is 5.69 Å². The summed E-state index contributed by atoms with van der Waals surface area (Å²) in [5.41, 5.74) is 0.924. The molecule has 1 aromatic carbocycles. The third-order valence-electron chi connectivity index (χ3n) is 3.72. The molecule has 0 unspecified atom stereocenters. The molecule has 0 radical (unpaired) electrons. The van der Waals surface area contributed by atoms with Crippen LogP contribution in [0.25, 0.3) is 0 Å². The first-order valence-electron chi connectivity index (χ1n) is 7.77. The van der Waals surface area contributed by atoms with Gasteiger partial charge >= 0.3 is 0 Å². The SMILES string of the molecule is S=C(NCCCN1CCCCCC1)Nc1cccc(Cl)c1. The Bertz CT molecular complexity index is 445. The van der Waals surface area contributed by atoms with Crippen LogP contribution in [0.2, 0.25) is 5.02 Å². The van der Waals surface area contributed by atoms with E-state index in [1.807, 2.05) is 24.3 Å². The zero-order valence-electron chi connectivity index (χ0n) is 12.4. The minimum atomic E-state index is 0.660. The van der Waals surface area contributed by atoms with Crippen LogP contribution >= 0.6 is 23.8 Å². The topological polar surface area (TPSA) is 27.3 Å². The van der Waals surface area contributed by atoms with Gasteiger partial charge in [0, 0.05) is 17.3 Å². The van der Waals surface area contributed by atoms with Gasteiger partial charge in [0.1, 0.15) is 0 Å². The largest absolute Gasteiger partial charge is 0.362 e. The maximum Gasteiger partial charge on any atom is 0.170 e. The van der Waals surface area contributed by atoms with E-state index in [1.54, 1.807) is 0 Å². The predicted octanol–water partition coefficient (Wildman–Crippen LogP) is 3.89. The number of benzene rings is 1. The van der Waals surface area contributed by atoms with Gasteiger partial charge in [-0.25, -0.2) is 0 Å². The number of likely N-dealkylation sites (tertiary alicyclic amines) is 1. The van der Waals surface area contributed by atoms with Crippen molar-refractivity contribution < 1.29 is 0 Å². The highest BCUT2D eigenvalue weighted by Gasteiger charge is 2.08. The molecule has 0 bridgehead atoms. The highest BCUT2D eigenvalue weighted by molar-refractivity contribution is 7.80. The molecule has 0 saturated carbocycles. The third kappa shape index (κ3) is 6.64. The van der Waals surface area contributed by atoms with Crippen LogP contribution < -0.4 is 10.6 Å². The van der Waals surface area contributed by atoms with Gasteiger partial charge in [-0.2, -0.15) is 0 Å². The second-order valence-electron chi connectivity index (χ2n) is 5.50. The van der Waals surface area contributed by atoms with Crippen LogP contribution in [0, 0.1) is 0 Å². The van der Waals surface area contributed by atoms with Crippen molar-refractivity contribution in [3.8, 4) is 0 Å². The molecule has 0 aliphatic carbocycles. The lowest BCUT2D eigenvalue weighted by molar-refractivity contribution is 0.282. The van der Waals surface area contributed by atoms with Gasteiger partial charge in [0.2, 0.25) is 0 Å². The normalized spacial score (nSPS) is 16.2. The summed E-state index contributed by atoms with van der Waals surface area (Å²) in [5.74, 6) is 0. The van der Waals surface area contributed by atoms with Crippen molar-refractivity contribution in [3.63, 3.8) is 0 Å². The highest BCUT2D eigenvalue weighted by Crippen LogP contribution is 2.14. The minimum absolute atomic E-state index is 0.660. The number of halogens is 1. The fourth-order valence-electron chi connectivity index (χ4n) is 2.61. The second kappa shape index (κ2) is 9.23. The lowest BCUT2D eigenvalue weighted by Crippen LogP contribution is -2.32. The van der Waals surface area contributed by atoms with E-state index in [0.29, 0.717) is 10.1 Å². The number of rotatable bonds is 5. The lowest BCUT2D eigenvalue weighted by Gasteiger charge is -2.19. The van der Waals surface area contributed by atoms with Crippen LogP contribution in [0.3, 0.4) is 0 Å². The molecule has 1 fully saturated rings. The number of hydrogen-bond donors (Lipinski definition) is 2. The van der Waals surface area contributed by atoms with Gasteiger partial charge in [0.15, 0.2) is 5.11 Å². The number of nitrogens with zero attached hydrogens (tertiary/aromatic N) is 1. The van der Waals surface area contributed by atoms with E-state index in [0.717, 1.165) is 25.2 Å². The lowest BCUT2D eigenvalue weighted by atomic mass is 10.2. The van der Waals surface area contributed by atoms with Crippen LogP contribution in [-0.2, 0) is 0 Å². The summed E-state index contributed by atoms with van der Waals surface area (Å²) in [6, 6.07) is 7.58. The summed E-state index contributed by atoms with van der Waals surface area (Å²) >= 11 is 11.2.